The second-order valence-corrected chi connectivity index (χ2v) is 7.94. The van der Waals surface area contributed by atoms with Gasteiger partial charge in [-0.15, -0.1) is 0 Å². The standard InChI is InChI=1S/C21H28N4O/c26-20-7-10-21(16-25(20)12-8-18-5-2-1-3-6-18)9-4-11-24(15-21)14-19-13-22-17-23-19/h1-3,5-6,13,17H,4,7-12,14-16H2,(H,22,23)/t21-/m0/s1. The normalized spacial score (nSPS) is 24.3. The molecule has 1 atom stereocenters. The summed E-state index contributed by atoms with van der Waals surface area (Å²) in [7, 11) is 0. The van der Waals surface area contributed by atoms with E-state index in [2.05, 4.69) is 44.0 Å². The highest BCUT2D eigenvalue weighted by Crippen LogP contribution is 2.39. The first-order valence-electron chi connectivity index (χ1n) is 9.74. The Morgan fingerprint density at radius 3 is 2.85 bits per heavy atom. The molecule has 26 heavy (non-hydrogen) atoms. The van der Waals surface area contributed by atoms with Crippen LogP contribution in [0.3, 0.4) is 0 Å². The summed E-state index contributed by atoms with van der Waals surface area (Å²) in [5.74, 6) is 0.331. The van der Waals surface area contributed by atoms with E-state index in [0.717, 1.165) is 45.6 Å². The Morgan fingerprint density at radius 1 is 1.15 bits per heavy atom. The molecule has 1 N–H and O–H groups in total. The van der Waals surface area contributed by atoms with Gasteiger partial charge in [-0.05, 0) is 37.8 Å². The first kappa shape index (κ1) is 17.3. The van der Waals surface area contributed by atoms with Gasteiger partial charge in [0.25, 0.3) is 0 Å². The number of imidazole rings is 1. The molecular formula is C21H28N4O. The number of piperidine rings is 2. The Kier molecular flexibility index (Phi) is 5.07. The fraction of sp³-hybridized carbons (Fsp3) is 0.524. The van der Waals surface area contributed by atoms with Gasteiger partial charge in [0.15, 0.2) is 0 Å². The molecule has 1 amide bonds. The highest BCUT2D eigenvalue weighted by Gasteiger charge is 2.41. The highest BCUT2D eigenvalue weighted by atomic mass is 16.2. The molecule has 4 rings (SSSR count). The lowest BCUT2D eigenvalue weighted by Crippen LogP contribution is -2.54. The number of hydrogen-bond donors (Lipinski definition) is 1. The van der Waals surface area contributed by atoms with Crippen LogP contribution in [0.5, 0.6) is 0 Å². The zero-order valence-electron chi connectivity index (χ0n) is 15.4. The van der Waals surface area contributed by atoms with E-state index in [0.29, 0.717) is 12.3 Å². The molecule has 0 radical (unpaired) electrons. The van der Waals surface area contributed by atoms with Gasteiger partial charge < -0.3 is 9.88 Å². The quantitative estimate of drug-likeness (QED) is 0.900. The van der Waals surface area contributed by atoms with Crippen LogP contribution in [0.1, 0.15) is 36.9 Å². The van der Waals surface area contributed by atoms with Gasteiger partial charge in [0.2, 0.25) is 5.91 Å². The topological polar surface area (TPSA) is 52.2 Å². The van der Waals surface area contributed by atoms with Gasteiger partial charge in [0, 0.05) is 49.9 Å². The number of aromatic amines is 1. The minimum absolute atomic E-state index is 0.267. The molecule has 0 bridgehead atoms. The number of rotatable bonds is 5. The van der Waals surface area contributed by atoms with Crippen LogP contribution in [-0.2, 0) is 17.8 Å². The lowest BCUT2D eigenvalue weighted by molar-refractivity contribution is -0.139. The Balaban J connectivity index is 1.38. The monoisotopic (exact) mass is 352 g/mol. The Morgan fingerprint density at radius 2 is 2.04 bits per heavy atom. The van der Waals surface area contributed by atoms with Crippen molar-refractivity contribution in [2.45, 2.75) is 38.6 Å². The van der Waals surface area contributed by atoms with E-state index in [-0.39, 0.29) is 5.41 Å². The maximum Gasteiger partial charge on any atom is 0.222 e. The van der Waals surface area contributed by atoms with Crippen molar-refractivity contribution in [1.29, 1.82) is 0 Å². The lowest BCUT2D eigenvalue weighted by atomic mass is 9.73. The summed E-state index contributed by atoms with van der Waals surface area (Å²) >= 11 is 0. The van der Waals surface area contributed by atoms with Crippen molar-refractivity contribution in [3.63, 3.8) is 0 Å². The van der Waals surface area contributed by atoms with Gasteiger partial charge in [-0.25, -0.2) is 4.98 Å². The van der Waals surface area contributed by atoms with Gasteiger partial charge in [-0.3, -0.25) is 9.69 Å². The predicted molar refractivity (Wildman–Crippen MR) is 101 cm³/mol. The van der Waals surface area contributed by atoms with Crippen LogP contribution in [0.15, 0.2) is 42.9 Å². The van der Waals surface area contributed by atoms with Crippen LogP contribution in [0, 0.1) is 5.41 Å². The minimum Gasteiger partial charge on any atom is -0.347 e. The molecule has 3 heterocycles. The van der Waals surface area contributed by atoms with Gasteiger partial charge >= 0.3 is 0 Å². The summed E-state index contributed by atoms with van der Waals surface area (Å²) in [6.45, 7) is 4.91. The van der Waals surface area contributed by atoms with E-state index in [1.165, 1.54) is 24.1 Å². The van der Waals surface area contributed by atoms with Gasteiger partial charge in [-0.2, -0.15) is 0 Å². The number of nitrogens with zero attached hydrogens (tertiary/aromatic N) is 3. The van der Waals surface area contributed by atoms with Crippen molar-refractivity contribution >= 4 is 5.91 Å². The SMILES string of the molecule is O=C1CC[C@]2(CCCN(Cc3cnc[nH]3)C2)CN1CCc1ccccc1. The lowest BCUT2D eigenvalue weighted by Gasteiger charge is -2.48. The molecule has 5 nitrogen and oxygen atoms in total. The second kappa shape index (κ2) is 7.62. The number of nitrogens with one attached hydrogen (secondary N) is 1. The van der Waals surface area contributed by atoms with E-state index in [1.54, 1.807) is 6.33 Å². The summed E-state index contributed by atoms with van der Waals surface area (Å²) in [5, 5.41) is 0. The van der Waals surface area contributed by atoms with Crippen LogP contribution in [0.2, 0.25) is 0 Å². The summed E-state index contributed by atoms with van der Waals surface area (Å²) < 4.78 is 0. The first-order valence-corrected chi connectivity index (χ1v) is 9.74. The van der Waals surface area contributed by atoms with E-state index < -0.39 is 0 Å². The molecule has 2 fully saturated rings. The van der Waals surface area contributed by atoms with Crippen LogP contribution < -0.4 is 0 Å². The van der Waals surface area contributed by atoms with Gasteiger partial charge in [0.05, 0.1) is 6.33 Å². The number of carbonyl (C=O) groups excluding carboxylic acids is 1. The van der Waals surface area contributed by atoms with E-state index in [9.17, 15) is 4.79 Å². The molecule has 1 aromatic carbocycles. The molecule has 2 aliphatic heterocycles. The predicted octanol–water partition coefficient (Wildman–Crippen LogP) is 2.86. The Hall–Kier alpha value is -2.14. The third kappa shape index (κ3) is 3.98. The summed E-state index contributed by atoms with van der Waals surface area (Å²) in [6.07, 6.45) is 8.80. The fourth-order valence-corrected chi connectivity index (χ4v) is 4.61. The van der Waals surface area contributed by atoms with Gasteiger partial charge in [-0.1, -0.05) is 30.3 Å². The van der Waals surface area contributed by atoms with Crippen LogP contribution in [0.25, 0.3) is 0 Å². The number of hydrogen-bond acceptors (Lipinski definition) is 3. The van der Waals surface area contributed by atoms with E-state index in [1.807, 2.05) is 12.3 Å². The fourth-order valence-electron chi connectivity index (χ4n) is 4.61. The van der Waals surface area contributed by atoms with Gasteiger partial charge in [0.1, 0.15) is 0 Å². The third-order valence-electron chi connectivity index (χ3n) is 5.95. The summed E-state index contributed by atoms with van der Waals surface area (Å²) in [5.41, 5.74) is 2.75. The molecule has 2 aromatic rings. The van der Waals surface area contributed by atoms with Crippen molar-refractivity contribution in [2.75, 3.05) is 26.2 Å². The number of H-pyrrole nitrogens is 1. The minimum atomic E-state index is 0.267. The third-order valence-corrected chi connectivity index (χ3v) is 5.95. The van der Waals surface area contributed by atoms with Crippen LogP contribution >= 0.6 is 0 Å². The average Bonchev–Trinajstić information content (AvgIpc) is 3.17. The Bertz CT molecular complexity index is 715. The Labute approximate surface area is 155 Å². The maximum atomic E-state index is 12.5. The zero-order chi connectivity index (χ0) is 17.8. The largest absolute Gasteiger partial charge is 0.347 e. The summed E-state index contributed by atoms with van der Waals surface area (Å²) in [6, 6.07) is 10.5. The number of likely N-dealkylation sites (tertiary alicyclic amines) is 2. The van der Waals surface area contributed by atoms with Crippen molar-refractivity contribution in [3.8, 4) is 0 Å². The second-order valence-electron chi connectivity index (χ2n) is 7.94. The number of amides is 1. The molecule has 1 spiro atoms. The number of carbonyl (C=O) groups is 1. The molecule has 0 aliphatic carbocycles. The summed E-state index contributed by atoms with van der Waals surface area (Å²) in [4.78, 5) is 24.5. The van der Waals surface area contributed by atoms with Crippen molar-refractivity contribution in [1.82, 2.24) is 19.8 Å². The van der Waals surface area contributed by atoms with Crippen LogP contribution in [0.4, 0.5) is 0 Å². The van der Waals surface area contributed by atoms with Crippen LogP contribution in [-0.4, -0.2) is 51.9 Å². The molecule has 138 valence electrons. The zero-order valence-corrected chi connectivity index (χ0v) is 15.4. The van der Waals surface area contributed by atoms with E-state index in [4.69, 9.17) is 0 Å². The molecule has 2 saturated heterocycles. The number of aromatic nitrogens is 2. The maximum absolute atomic E-state index is 12.5. The number of benzene rings is 1. The van der Waals surface area contributed by atoms with E-state index >= 15 is 0 Å². The molecular weight excluding hydrogens is 324 g/mol. The highest BCUT2D eigenvalue weighted by molar-refractivity contribution is 5.77. The molecule has 0 unspecified atom stereocenters. The molecule has 1 aromatic heterocycles. The average molecular weight is 352 g/mol. The molecule has 5 heteroatoms. The smallest absolute Gasteiger partial charge is 0.222 e. The molecule has 0 saturated carbocycles. The first-order chi connectivity index (χ1) is 12.7. The van der Waals surface area contributed by atoms with Crippen molar-refractivity contribution in [2.24, 2.45) is 5.41 Å². The van der Waals surface area contributed by atoms with Crippen molar-refractivity contribution in [3.05, 3.63) is 54.1 Å². The molecule has 2 aliphatic rings. The van der Waals surface area contributed by atoms with Crippen molar-refractivity contribution < 1.29 is 4.79 Å².